The minimum atomic E-state index is -3.37. The van der Waals surface area contributed by atoms with Gasteiger partial charge in [0, 0.05) is 4.88 Å². The molecule has 2 aromatic rings. The van der Waals surface area contributed by atoms with Crippen molar-refractivity contribution in [3.63, 3.8) is 0 Å². The topological polar surface area (TPSA) is 63.2 Å². The first-order valence-corrected chi connectivity index (χ1v) is 11.8. The van der Waals surface area contributed by atoms with E-state index < -0.39 is 21.5 Å². The van der Waals surface area contributed by atoms with Crippen molar-refractivity contribution in [1.29, 1.82) is 0 Å². The quantitative estimate of drug-likeness (QED) is 0.618. The molecule has 1 amide bonds. The van der Waals surface area contributed by atoms with E-state index in [0.717, 1.165) is 29.7 Å². The molecule has 0 aliphatic heterocycles. The lowest BCUT2D eigenvalue weighted by Crippen LogP contribution is -2.34. The van der Waals surface area contributed by atoms with Crippen LogP contribution in [0, 0.1) is 0 Å². The van der Waals surface area contributed by atoms with Crippen molar-refractivity contribution < 1.29 is 13.2 Å². The van der Waals surface area contributed by atoms with Crippen molar-refractivity contribution in [2.75, 3.05) is 11.5 Å². The zero-order valence-corrected chi connectivity index (χ0v) is 17.0. The lowest BCUT2D eigenvalue weighted by Gasteiger charge is -2.18. The van der Waals surface area contributed by atoms with Gasteiger partial charge in [0.15, 0.2) is 9.84 Å². The van der Waals surface area contributed by atoms with Gasteiger partial charge in [-0.1, -0.05) is 57.0 Å². The van der Waals surface area contributed by atoms with Crippen LogP contribution >= 0.6 is 11.3 Å². The van der Waals surface area contributed by atoms with E-state index in [4.69, 9.17) is 0 Å². The van der Waals surface area contributed by atoms with E-state index in [9.17, 15) is 13.2 Å². The van der Waals surface area contributed by atoms with Gasteiger partial charge in [-0.3, -0.25) is 4.79 Å². The van der Waals surface area contributed by atoms with E-state index in [1.54, 1.807) is 11.3 Å². The second-order valence-electron chi connectivity index (χ2n) is 6.41. The van der Waals surface area contributed by atoms with Crippen LogP contribution in [0.15, 0.2) is 41.8 Å². The SMILES string of the molecule is CCCCCS(=O)(=O)CC(=O)NC(c1ccc(CC)cc1)c1cccs1. The van der Waals surface area contributed by atoms with Crippen LogP contribution in [0.1, 0.15) is 55.2 Å². The van der Waals surface area contributed by atoms with Crippen LogP contribution in [0.4, 0.5) is 0 Å². The van der Waals surface area contributed by atoms with Gasteiger partial charge in [-0.05, 0) is 35.4 Å². The molecule has 26 heavy (non-hydrogen) atoms. The molecule has 1 atom stereocenters. The first kappa shape index (κ1) is 20.6. The minimum absolute atomic E-state index is 0.0725. The van der Waals surface area contributed by atoms with E-state index in [1.807, 2.05) is 48.7 Å². The van der Waals surface area contributed by atoms with E-state index in [1.165, 1.54) is 5.56 Å². The molecule has 0 fully saturated rings. The van der Waals surface area contributed by atoms with Gasteiger partial charge < -0.3 is 5.32 Å². The maximum absolute atomic E-state index is 12.4. The molecule has 1 N–H and O–H groups in total. The standard InChI is InChI=1S/C20H27NO3S2/c1-3-5-6-14-26(23,24)15-19(22)21-20(18-8-7-13-25-18)17-11-9-16(4-2)10-12-17/h7-13,20H,3-6,14-15H2,1-2H3,(H,21,22). The summed E-state index contributed by atoms with van der Waals surface area (Å²) >= 11 is 1.55. The van der Waals surface area contributed by atoms with Crippen LogP contribution in [0.2, 0.25) is 0 Å². The highest BCUT2D eigenvalue weighted by molar-refractivity contribution is 7.92. The molecule has 1 aromatic heterocycles. The molecule has 1 unspecified atom stereocenters. The summed E-state index contributed by atoms with van der Waals surface area (Å²) in [4.78, 5) is 13.4. The highest BCUT2D eigenvalue weighted by Gasteiger charge is 2.22. The fraction of sp³-hybridized carbons (Fsp3) is 0.450. The van der Waals surface area contributed by atoms with Crippen molar-refractivity contribution in [1.82, 2.24) is 5.32 Å². The van der Waals surface area contributed by atoms with E-state index in [2.05, 4.69) is 12.2 Å². The molecule has 6 heteroatoms. The Kier molecular flexibility index (Phi) is 7.85. The number of carbonyl (C=O) groups is 1. The van der Waals surface area contributed by atoms with Crippen molar-refractivity contribution in [3.05, 3.63) is 57.8 Å². The minimum Gasteiger partial charge on any atom is -0.343 e. The number of thiophene rings is 1. The largest absolute Gasteiger partial charge is 0.343 e. The Morgan fingerprint density at radius 3 is 2.42 bits per heavy atom. The van der Waals surface area contributed by atoms with E-state index in [-0.39, 0.29) is 11.8 Å². The third-order valence-electron chi connectivity index (χ3n) is 4.26. The van der Waals surface area contributed by atoms with Gasteiger partial charge in [0.05, 0.1) is 11.8 Å². The summed E-state index contributed by atoms with van der Waals surface area (Å²) in [5.41, 5.74) is 2.19. The Bertz CT molecular complexity index is 781. The monoisotopic (exact) mass is 393 g/mol. The van der Waals surface area contributed by atoms with Crippen molar-refractivity contribution >= 4 is 27.1 Å². The van der Waals surface area contributed by atoms with Crippen LogP contribution in [-0.2, 0) is 21.1 Å². The zero-order chi connectivity index (χ0) is 19.0. The van der Waals surface area contributed by atoms with Crippen LogP contribution in [0.25, 0.3) is 0 Å². The van der Waals surface area contributed by atoms with Crippen LogP contribution in [0.5, 0.6) is 0 Å². The van der Waals surface area contributed by atoms with Gasteiger partial charge >= 0.3 is 0 Å². The number of benzene rings is 1. The lowest BCUT2D eigenvalue weighted by atomic mass is 10.0. The summed E-state index contributed by atoms with van der Waals surface area (Å²) in [7, 11) is -3.37. The fourth-order valence-electron chi connectivity index (χ4n) is 2.77. The molecule has 1 heterocycles. The summed E-state index contributed by atoms with van der Waals surface area (Å²) in [6.45, 7) is 4.12. The van der Waals surface area contributed by atoms with Gasteiger partial charge in [-0.15, -0.1) is 11.3 Å². The predicted octanol–water partition coefficient (Wildman–Crippen LogP) is 4.12. The number of amides is 1. The molecular formula is C20H27NO3S2. The van der Waals surface area contributed by atoms with Crippen molar-refractivity contribution in [3.8, 4) is 0 Å². The van der Waals surface area contributed by atoms with E-state index >= 15 is 0 Å². The molecule has 0 aliphatic rings. The number of hydrogen-bond acceptors (Lipinski definition) is 4. The molecule has 0 saturated heterocycles. The summed E-state index contributed by atoms with van der Waals surface area (Å²) in [6.07, 6.45) is 3.38. The lowest BCUT2D eigenvalue weighted by molar-refractivity contribution is -0.119. The van der Waals surface area contributed by atoms with Gasteiger partial charge in [-0.2, -0.15) is 0 Å². The number of aryl methyl sites for hydroxylation is 1. The fourth-order valence-corrected chi connectivity index (χ4v) is 4.84. The Labute approximate surface area is 160 Å². The molecule has 0 bridgehead atoms. The summed E-state index contributed by atoms with van der Waals surface area (Å²) < 4.78 is 24.3. The molecular weight excluding hydrogens is 366 g/mol. The molecule has 2 rings (SSSR count). The average molecular weight is 394 g/mol. The number of unbranched alkanes of at least 4 members (excludes halogenated alkanes) is 2. The zero-order valence-electron chi connectivity index (χ0n) is 15.4. The molecule has 0 saturated carbocycles. The maximum Gasteiger partial charge on any atom is 0.235 e. The molecule has 1 aromatic carbocycles. The highest BCUT2D eigenvalue weighted by atomic mass is 32.2. The molecule has 0 spiro atoms. The summed E-state index contributed by atoms with van der Waals surface area (Å²) in [5, 5.41) is 4.87. The Balaban J connectivity index is 2.10. The number of hydrogen-bond donors (Lipinski definition) is 1. The molecule has 142 valence electrons. The third-order valence-corrected chi connectivity index (χ3v) is 6.81. The second kappa shape index (κ2) is 9.88. The number of sulfone groups is 1. The van der Waals surface area contributed by atoms with Gasteiger partial charge in [-0.25, -0.2) is 8.42 Å². The van der Waals surface area contributed by atoms with Crippen LogP contribution in [0.3, 0.4) is 0 Å². The summed E-state index contributed by atoms with van der Waals surface area (Å²) in [6, 6.07) is 11.7. The molecule has 0 radical (unpaired) electrons. The van der Waals surface area contributed by atoms with Crippen LogP contribution in [-0.4, -0.2) is 25.8 Å². The number of carbonyl (C=O) groups excluding carboxylic acids is 1. The Hall–Kier alpha value is -1.66. The van der Waals surface area contributed by atoms with Gasteiger partial charge in [0.2, 0.25) is 5.91 Å². The van der Waals surface area contributed by atoms with Crippen LogP contribution < -0.4 is 5.32 Å². The normalized spacial score (nSPS) is 12.7. The highest BCUT2D eigenvalue weighted by Crippen LogP contribution is 2.26. The number of rotatable bonds is 10. The summed E-state index contributed by atoms with van der Waals surface area (Å²) in [5.74, 6) is -0.825. The molecule has 0 aliphatic carbocycles. The Morgan fingerprint density at radius 2 is 1.85 bits per heavy atom. The smallest absolute Gasteiger partial charge is 0.235 e. The van der Waals surface area contributed by atoms with Crippen molar-refractivity contribution in [2.24, 2.45) is 0 Å². The first-order valence-electron chi connectivity index (χ1n) is 9.07. The third kappa shape index (κ3) is 6.25. The predicted molar refractivity (Wildman–Crippen MR) is 108 cm³/mol. The molecule has 4 nitrogen and oxygen atoms in total. The van der Waals surface area contributed by atoms with Crippen molar-refractivity contribution in [2.45, 2.75) is 45.6 Å². The van der Waals surface area contributed by atoms with Gasteiger partial charge in [0.25, 0.3) is 0 Å². The second-order valence-corrected chi connectivity index (χ2v) is 9.57. The average Bonchev–Trinajstić information content (AvgIpc) is 3.14. The maximum atomic E-state index is 12.4. The van der Waals surface area contributed by atoms with Gasteiger partial charge in [0.1, 0.15) is 5.75 Å². The Morgan fingerprint density at radius 1 is 1.12 bits per heavy atom. The van der Waals surface area contributed by atoms with E-state index in [0.29, 0.717) is 6.42 Å². The number of nitrogens with one attached hydrogen (secondary N) is 1. The first-order chi connectivity index (χ1) is 12.4.